The number of benzene rings is 2. The van der Waals surface area contributed by atoms with Crippen LogP contribution in [0.5, 0.6) is 0 Å². The van der Waals surface area contributed by atoms with Crippen molar-refractivity contribution in [2.24, 2.45) is 88.8 Å². The van der Waals surface area contributed by atoms with Crippen molar-refractivity contribution < 1.29 is 23.8 Å². The van der Waals surface area contributed by atoms with Crippen molar-refractivity contribution in [2.75, 3.05) is 6.61 Å². The average molecular weight is 591 g/mol. The third-order valence-corrected chi connectivity index (χ3v) is 15.2. The molecule has 1 saturated heterocycles. The van der Waals surface area contributed by atoms with Gasteiger partial charge in [0.25, 0.3) is 0 Å². The third-order valence-electron chi connectivity index (χ3n) is 15.2. The summed E-state index contributed by atoms with van der Waals surface area (Å²) in [6, 6.07) is 13.9. The molecular weight excluding hydrogens is 548 g/mol. The van der Waals surface area contributed by atoms with Gasteiger partial charge in [-0.15, -0.1) is 0 Å². The van der Waals surface area contributed by atoms with Crippen LogP contribution in [-0.4, -0.2) is 30.9 Å². The lowest BCUT2D eigenvalue weighted by Crippen LogP contribution is -2.52. The van der Waals surface area contributed by atoms with Crippen molar-refractivity contribution in [3.05, 3.63) is 60.2 Å². The first-order chi connectivity index (χ1) is 21.7. The first-order valence-corrected chi connectivity index (χ1v) is 17.8. The van der Waals surface area contributed by atoms with E-state index in [1.54, 1.807) is 0 Å². The van der Waals surface area contributed by atoms with Gasteiger partial charge in [0, 0.05) is 12.3 Å². The fourth-order valence-electron chi connectivity index (χ4n) is 14.5. The molecule has 1 heterocycles. The van der Waals surface area contributed by atoms with Crippen LogP contribution < -0.4 is 0 Å². The minimum absolute atomic E-state index is 0.177. The number of ether oxygens (including phenoxy) is 3. The van der Waals surface area contributed by atoms with E-state index < -0.39 is 12.4 Å². The smallest absolute Gasteiger partial charge is 0.339 e. The number of hydrogen-bond acceptors (Lipinski definition) is 5. The van der Waals surface area contributed by atoms with E-state index in [0.717, 1.165) is 95.6 Å². The van der Waals surface area contributed by atoms with E-state index in [2.05, 4.69) is 12.2 Å². The summed E-state index contributed by atoms with van der Waals surface area (Å²) < 4.78 is 18.5. The van der Waals surface area contributed by atoms with Crippen LogP contribution in [0.3, 0.4) is 0 Å². The molecule has 0 amide bonds. The summed E-state index contributed by atoms with van der Waals surface area (Å²) in [6.45, 7) is 0.646. The van der Waals surface area contributed by atoms with E-state index in [0.29, 0.717) is 24.0 Å². The lowest BCUT2D eigenvalue weighted by atomic mass is 9.54. The van der Waals surface area contributed by atoms with Gasteiger partial charge in [-0.2, -0.15) is 0 Å². The second kappa shape index (κ2) is 8.99. The number of carbonyl (C=O) groups is 2. The Bertz CT molecular complexity index is 1580. The van der Waals surface area contributed by atoms with Crippen molar-refractivity contribution in [2.45, 2.75) is 57.3 Å². The number of allylic oxidation sites excluding steroid dienone is 2. The summed E-state index contributed by atoms with van der Waals surface area (Å²) in [4.78, 5) is 28.1. The zero-order chi connectivity index (χ0) is 28.8. The molecule has 8 aliphatic carbocycles. The molecule has 44 heavy (non-hydrogen) atoms. The molecule has 228 valence electrons. The summed E-state index contributed by atoms with van der Waals surface area (Å²) in [5, 5.41) is 1.94. The molecule has 5 heteroatoms. The minimum Gasteiger partial charge on any atom is -0.458 e. The molecule has 0 aromatic heterocycles. The van der Waals surface area contributed by atoms with Gasteiger partial charge in [0.1, 0.15) is 6.10 Å². The summed E-state index contributed by atoms with van der Waals surface area (Å²) >= 11 is 0. The van der Waals surface area contributed by atoms with Crippen LogP contribution in [0, 0.1) is 88.8 Å². The second-order valence-electron chi connectivity index (χ2n) is 16.3. The molecule has 17 unspecified atom stereocenters. The van der Waals surface area contributed by atoms with Gasteiger partial charge in [-0.3, -0.25) is 4.79 Å². The van der Waals surface area contributed by atoms with Crippen LogP contribution in [0.25, 0.3) is 10.8 Å². The molecule has 2 aromatic carbocycles. The van der Waals surface area contributed by atoms with Gasteiger partial charge in [-0.1, -0.05) is 48.6 Å². The molecule has 0 N–H and O–H groups in total. The molecule has 7 saturated carbocycles. The predicted molar refractivity (Wildman–Crippen MR) is 163 cm³/mol. The highest BCUT2D eigenvalue weighted by Gasteiger charge is 2.78. The fraction of sp³-hybridized carbons (Fsp3) is 0.641. The van der Waals surface area contributed by atoms with E-state index in [4.69, 9.17) is 14.2 Å². The van der Waals surface area contributed by atoms with E-state index >= 15 is 0 Å². The Hall–Kier alpha value is -2.66. The molecule has 0 spiro atoms. The summed E-state index contributed by atoms with van der Waals surface area (Å²) in [5.41, 5.74) is 0.599. The van der Waals surface area contributed by atoms with Crippen LogP contribution in [0.15, 0.2) is 54.6 Å². The number of carbonyl (C=O) groups excluding carboxylic acids is 2. The Balaban J connectivity index is 0.933. The van der Waals surface area contributed by atoms with Gasteiger partial charge >= 0.3 is 11.9 Å². The number of fused-ring (bicyclic) bond motifs is 24. The topological polar surface area (TPSA) is 61.8 Å². The lowest BCUT2D eigenvalue weighted by Gasteiger charge is -2.51. The van der Waals surface area contributed by atoms with Gasteiger partial charge in [0.2, 0.25) is 6.29 Å². The average Bonchev–Trinajstić information content (AvgIpc) is 3.90. The monoisotopic (exact) mass is 590 g/mol. The van der Waals surface area contributed by atoms with Crippen molar-refractivity contribution in [3.8, 4) is 0 Å². The summed E-state index contributed by atoms with van der Waals surface area (Å²) in [6.07, 6.45) is 12.3. The van der Waals surface area contributed by atoms with E-state index in [1.165, 1.54) is 19.3 Å². The van der Waals surface area contributed by atoms with Gasteiger partial charge in [-0.25, -0.2) is 4.79 Å². The highest BCUT2D eigenvalue weighted by Crippen LogP contribution is 2.81. The first-order valence-electron chi connectivity index (χ1n) is 17.8. The molecule has 11 rings (SSSR count). The fourth-order valence-corrected chi connectivity index (χ4v) is 14.5. The Morgan fingerprint density at radius 2 is 1.32 bits per heavy atom. The van der Waals surface area contributed by atoms with Crippen LogP contribution in [0.1, 0.15) is 55.3 Å². The van der Waals surface area contributed by atoms with E-state index in [-0.39, 0.29) is 29.7 Å². The highest BCUT2D eigenvalue weighted by atomic mass is 16.7. The highest BCUT2D eigenvalue weighted by molar-refractivity contribution is 6.04. The quantitative estimate of drug-likeness (QED) is 0.220. The molecule has 9 aliphatic rings. The Labute approximate surface area is 259 Å². The van der Waals surface area contributed by atoms with Gasteiger partial charge in [0.15, 0.2) is 0 Å². The van der Waals surface area contributed by atoms with Crippen LogP contribution in [0.4, 0.5) is 0 Å². The molecule has 5 nitrogen and oxygen atoms in total. The summed E-state index contributed by atoms with van der Waals surface area (Å²) in [5.74, 6) is 9.48. The van der Waals surface area contributed by atoms with Gasteiger partial charge in [-0.05, 0) is 132 Å². The molecule has 2 aromatic rings. The van der Waals surface area contributed by atoms with Gasteiger partial charge in [0.05, 0.1) is 18.1 Å². The SMILES string of the molecule is O=C(OC1C2CC(C1C(=O)OC1CCCCO1)C1C3CC(C21)C1C2CC(C4C5C=CC(C5)C24)C31)c1cccc2ccccc12. The second-order valence-corrected chi connectivity index (χ2v) is 16.3. The van der Waals surface area contributed by atoms with Crippen molar-refractivity contribution in [1.82, 2.24) is 0 Å². The largest absolute Gasteiger partial charge is 0.458 e. The van der Waals surface area contributed by atoms with E-state index in [9.17, 15) is 9.59 Å². The molecule has 1 aliphatic heterocycles. The Morgan fingerprint density at radius 1 is 0.659 bits per heavy atom. The molecule has 17 atom stereocenters. The van der Waals surface area contributed by atoms with Crippen LogP contribution in [0.2, 0.25) is 0 Å². The normalized spacial score (nSPS) is 51.1. The molecule has 8 fully saturated rings. The number of hydrogen-bond donors (Lipinski definition) is 0. The standard InChI is InChI=1S/C39H42O5/c40-38(22-9-5-7-18-6-1-2-8-21(18)22)44-37-28-17-27(36(37)39(41)43-29-10-3-4-13-42-29)34-25-16-26(35(28)34)33-24-15-23(32(25)33)30-19-11-12-20(14-19)31(24)30/h1-2,5-9,11-12,19-20,23-37H,3-4,10,13-17H2. The first kappa shape index (κ1) is 25.5. The predicted octanol–water partition coefficient (Wildman–Crippen LogP) is 6.90. The maximum atomic E-state index is 14.1. The van der Waals surface area contributed by atoms with Crippen LogP contribution in [-0.2, 0) is 19.0 Å². The Kier molecular flexibility index (Phi) is 5.21. The van der Waals surface area contributed by atoms with Crippen molar-refractivity contribution in [3.63, 3.8) is 0 Å². The summed E-state index contributed by atoms with van der Waals surface area (Å²) in [7, 11) is 0. The zero-order valence-electron chi connectivity index (χ0n) is 25.2. The lowest BCUT2D eigenvalue weighted by molar-refractivity contribution is -0.199. The maximum absolute atomic E-state index is 14.1. The van der Waals surface area contributed by atoms with E-state index in [1.807, 2.05) is 42.5 Å². The van der Waals surface area contributed by atoms with Crippen LogP contribution >= 0.6 is 0 Å². The third kappa shape index (κ3) is 3.16. The van der Waals surface area contributed by atoms with Crippen molar-refractivity contribution >= 4 is 22.7 Å². The molecule has 8 bridgehead atoms. The number of esters is 2. The Morgan fingerprint density at radius 3 is 2.07 bits per heavy atom. The number of rotatable bonds is 4. The molecular formula is C39H42O5. The molecule has 0 radical (unpaired) electrons. The maximum Gasteiger partial charge on any atom is 0.339 e. The zero-order valence-corrected chi connectivity index (χ0v) is 25.2. The van der Waals surface area contributed by atoms with Crippen molar-refractivity contribution in [1.29, 1.82) is 0 Å². The van der Waals surface area contributed by atoms with Gasteiger partial charge < -0.3 is 14.2 Å². The minimum atomic E-state index is -0.460.